The quantitative estimate of drug-likeness (QED) is 0.441. The predicted molar refractivity (Wildman–Crippen MR) is 126 cm³/mol. The highest BCUT2D eigenvalue weighted by Crippen LogP contribution is 2.22. The molecule has 0 bridgehead atoms. The van der Waals surface area contributed by atoms with E-state index in [4.69, 9.17) is 0 Å². The number of aryl methyl sites for hydroxylation is 1. The maximum Gasteiger partial charge on any atom is 0.319 e. The van der Waals surface area contributed by atoms with Crippen LogP contribution in [0, 0.1) is 6.92 Å². The first-order valence-corrected chi connectivity index (χ1v) is 11.5. The molecule has 4 rings (SSSR count). The van der Waals surface area contributed by atoms with E-state index in [2.05, 4.69) is 46.7 Å². The minimum absolute atomic E-state index is 0.234. The Labute approximate surface area is 188 Å². The van der Waals surface area contributed by atoms with E-state index in [0.717, 1.165) is 51.3 Å². The van der Waals surface area contributed by atoms with E-state index >= 15 is 0 Å². The fourth-order valence-electron chi connectivity index (χ4n) is 3.25. The number of carbonyl (C=O) groups is 1. The van der Waals surface area contributed by atoms with Crippen molar-refractivity contribution in [3.05, 3.63) is 56.8 Å². The Balaban J connectivity index is 1.34. The zero-order valence-electron chi connectivity index (χ0n) is 16.6. The summed E-state index contributed by atoms with van der Waals surface area (Å²) in [5, 5.41) is 11.0. The molecule has 7 nitrogen and oxygen atoms in total. The molecule has 1 saturated heterocycles. The second-order valence-electron chi connectivity index (χ2n) is 7.13. The van der Waals surface area contributed by atoms with Gasteiger partial charge in [-0.15, -0.1) is 11.3 Å². The van der Waals surface area contributed by atoms with E-state index in [9.17, 15) is 4.79 Å². The van der Waals surface area contributed by atoms with Gasteiger partial charge >= 0.3 is 6.03 Å². The van der Waals surface area contributed by atoms with Gasteiger partial charge in [0.25, 0.3) is 0 Å². The van der Waals surface area contributed by atoms with Crippen molar-refractivity contribution >= 4 is 56.4 Å². The van der Waals surface area contributed by atoms with Crippen LogP contribution in [-0.2, 0) is 6.54 Å². The van der Waals surface area contributed by atoms with Crippen LogP contribution in [-0.4, -0.2) is 29.1 Å². The van der Waals surface area contributed by atoms with Crippen LogP contribution in [0.4, 0.5) is 27.9 Å². The Bertz CT molecular complexity index is 1020. The number of benzene rings is 1. The molecule has 2 amide bonds. The van der Waals surface area contributed by atoms with E-state index in [1.807, 2.05) is 48.7 Å². The first kappa shape index (κ1) is 20.6. The van der Waals surface area contributed by atoms with Crippen LogP contribution in [0.5, 0.6) is 0 Å². The van der Waals surface area contributed by atoms with E-state index < -0.39 is 0 Å². The molecule has 156 valence electrons. The summed E-state index contributed by atoms with van der Waals surface area (Å²) in [7, 11) is 0. The summed E-state index contributed by atoms with van der Waals surface area (Å²) in [6, 6.07) is 11.2. The molecule has 1 fully saturated rings. The molecular weight excluding hydrogens is 464 g/mol. The van der Waals surface area contributed by atoms with Gasteiger partial charge in [0, 0.05) is 51.0 Å². The Hall–Kier alpha value is -2.65. The lowest BCUT2D eigenvalue weighted by atomic mass is 10.2. The number of amides is 2. The fraction of sp³-hybridized carbons (Fsp3) is 0.286. The number of thiophene rings is 1. The average molecular weight is 487 g/mol. The smallest absolute Gasteiger partial charge is 0.319 e. The Morgan fingerprint density at radius 1 is 1.13 bits per heavy atom. The molecule has 1 aliphatic rings. The molecule has 0 unspecified atom stereocenters. The number of urea groups is 1. The van der Waals surface area contributed by atoms with Crippen LogP contribution < -0.4 is 20.9 Å². The SMILES string of the molecule is Cc1cc(Nc2ccc(NC(=O)NCc3cc(Br)cs3)cc2)nc(N2CCCC2)n1. The third-order valence-corrected chi connectivity index (χ3v) is 6.39. The third-order valence-electron chi connectivity index (χ3n) is 4.69. The number of nitrogens with zero attached hydrogens (tertiary/aromatic N) is 3. The summed E-state index contributed by atoms with van der Waals surface area (Å²) in [6.45, 7) is 4.49. The van der Waals surface area contributed by atoms with E-state index in [1.54, 1.807) is 11.3 Å². The number of hydrogen-bond donors (Lipinski definition) is 3. The zero-order chi connectivity index (χ0) is 20.9. The standard InChI is InChI=1S/C21H23BrN6OS/c1-14-10-19(27-20(24-14)28-8-2-3-9-28)25-16-4-6-17(7-5-16)26-21(29)23-12-18-11-15(22)13-30-18/h4-7,10-11,13H,2-3,8-9,12H2,1H3,(H2,23,26,29)(H,24,25,27). The predicted octanol–water partition coefficient (Wildman–Crippen LogP) is 5.27. The molecule has 0 spiro atoms. The molecule has 0 aliphatic carbocycles. The first-order valence-electron chi connectivity index (χ1n) is 9.81. The van der Waals surface area contributed by atoms with Gasteiger partial charge in [0.1, 0.15) is 5.82 Å². The van der Waals surface area contributed by atoms with Crippen molar-refractivity contribution in [2.75, 3.05) is 28.6 Å². The minimum Gasteiger partial charge on any atom is -0.341 e. The highest BCUT2D eigenvalue weighted by atomic mass is 79.9. The highest BCUT2D eigenvalue weighted by molar-refractivity contribution is 9.10. The van der Waals surface area contributed by atoms with Gasteiger partial charge in [0.2, 0.25) is 5.95 Å². The number of nitrogens with one attached hydrogen (secondary N) is 3. The van der Waals surface area contributed by atoms with Gasteiger partial charge in [0.15, 0.2) is 0 Å². The molecular formula is C21H23BrN6OS. The van der Waals surface area contributed by atoms with Gasteiger partial charge < -0.3 is 20.9 Å². The van der Waals surface area contributed by atoms with Crippen LogP contribution >= 0.6 is 27.3 Å². The first-order chi connectivity index (χ1) is 14.5. The number of carbonyl (C=O) groups excluding carboxylic acids is 1. The third kappa shape index (κ3) is 5.48. The van der Waals surface area contributed by atoms with Crippen molar-refractivity contribution in [2.24, 2.45) is 0 Å². The number of anilines is 4. The Morgan fingerprint density at radius 2 is 1.87 bits per heavy atom. The zero-order valence-corrected chi connectivity index (χ0v) is 19.0. The Morgan fingerprint density at radius 3 is 2.57 bits per heavy atom. The van der Waals surface area contributed by atoms with Crippen molar-refractivity contribution in [3.8, 4) is 0 Å². The largest absolute Gasteiger partial charge is 0.341 e. The monoisotopic (exact) mass is 486 g/mol. The van der Waals surface area contributed by atoms with Crippen LogP contribution in [0.3, 0.4) is 0 Å². The van der Waals surface area contributed by atoms with E-state index in [0.29, 0.717) is 6.54 Å². The van der Waals surface area contributed by atoms with E-state index in [1.165, 1.54) is 12.8 Å². The molecule has 9 heteroatoms. The Kier molecular flexibility index (Phi) is 6.49. The molecule has 30 heavy (non-hydrogen) atoms. The van der Waals surface area contributed by atoms with Crippen molar-refractivity contribution < 1.29 is 4.79 Å². The van der Waals surface area contributed by atoms with Crippen LogP contribution in [0.1, 0.15) is 23.4 Å². The molecule has 2 aromatic heterocycles. The number of halogens is 1. The van der Waals surface area contributed by atoms with Crippen LogP contribution in [0.15, 0.2) is 46.3 Å². The van der Waals surface area contributed by atoms with Crippen LogP contribution in [0.25, 0.3) is 0 Å². The molecule has 1 aromatic carbocycles. The molecule has 0 saturated carbocycles. The van der Waals surface area contributed by atoms with Crippen molar-refractivity contribution in [2.45, 2.75) is 26.3 Å². The molecule has 3 heterocycles. The molecule has 1 aliphatic heterocycles. The summed E-state index contributed by atoms with van der Waals surface area (Å²) in [5.74, 6) is 1.55. The summed E-state index contributed by atoms with van der Waals surface area (Å²) in [6.07, 6.45) is 2.37. The van der Waals surface area contributed by atoms with Gasteiger partial charge in [-0.1, -0.05) is 0 Å². The van der Waals surface area contributed by atoms with Gasteiger partial charge in [-0.3, -0.25) is 0 Å². The van der Waals surface area contributed by atoms with Gasteiger partial charge in [-0.05, 0) is 66.0 Å². The lowest BCUT2D eigenvalue weighted by Gasteiger charge is -2.17. The fourth-order valence-corrected chi connectivity index (χ4v) is 4.64. The van der Waals surface area contributed by atoms with Crippen molar-refractivity contribution in [1.29, 1.82) is 0 Å². The van der Waals surface area contributed by atoms with Gasteiger partial charge in [-0.2, -0.15) is 4.98 Å². The lowest BCUT2D eigenvalue weighted by Crippen LogP contribution is -2.27. The average Bonchev–Trinajstić information content (AvgIpc) is 3.39. The molecule has 3 N–H and O–H groups in total. The van der Waals surface area contributed by atoms with E-state index in [-0.39, 0.29) is 6.03 Å². The summed E-state index contributed by atoms with van der Waals surface area (Å²) in [4.78, 5) is 24.6. The maximum absolute atomic E-state index is 12.1. The second-order valence-corrected chi connectivity index (χ2v) is 9.04. The molecule has 0 radical (unpaired) electrons. The van der Waals surface area contributed by atoms with Crippen molar-refractivity contribution in [1.82, 2.24) is 15.3 Å². The summed E-state index contributed by atoms with van der Waals surface area (Å²) < 4.78 is 1.03. The summed E-state index contributed by atoms with van der Waals surface area (Å²) >= 11 is 5.01. The maximum atomic E-state index is 12.1. The lowest BCUT2D eigenvalue weighted by molar-refractivity contribution is 0.252. The number of hydrogen-bond acceptors (Lipinski definition) is 6. The minimum atomic E-state index is -0.234. The molecule has 0 atom stereocenters. The molecule has 3 aromatic rings. The second kappa shape index (κ2) is 9.44. The number of aromatic nitrogens is 2. The summed E-state index contributed by atoms with van der Waals surface area (Å²) in [5.41, 5.74) is 2.55. The number of rotatable bonds is 6. The highest BCUT2D eigenvalue weighted by Gasteiger charge is 2.16. The normalized spacial score (nSPS) is 13.3. The van der Waals surface area contributed by atoms with Crippen molar-refractivity contribution in [3.63, 3.8) is 0 Å². The van der Waals surface area contributed by atoms with Gasteiger partial charge in [-0.25, -0.2) is 9.78 Å². The topological polar surface area (TPSA) is 82.2 Å². The van der Waals surface area contributed by atoms with Crippen LogP contribution in [0.2, 0.25) is 0 Å². The van der Waals surface area contributed by atoms with Gasteiger partial charge in [0.05, 0.1) is 6.54 Å².